The first-order valence-corrected chi connectivity index (χ1v) is 14.0. The number of halogens is 3. The van der Waals surface area contributed by atoms with Gasteiger partial charge in [0.1, 0.15) is 0 Å². The molecule has 0 N–H and O–H groups in total. The lowest BCUT2D eigenvalue weighted by atomic mass is 10.2. The molecule has 1 amide bonds. The molecule has 0 spiro atoms. The number of nitrogens with zero attached hydrogens (tertiary/aromatic N) is 3. The van der Waals surface area contributed by atoms with Gasteiger partial charge in [-0.25, -0.2) is 8.42 Å². The largest absolute Gasteiger partial charge is 0.368 e. The van der Waals surface area contributed by atoms with Gasteiger partial charge in [-0.05, 0) is 60.2 Å². The third kappa shape index (κ3) is 6.57. The van der Waals surface area contributed by atoms with Crippen LogP contribution in [0.1, 0.15) is 5.56 Å². The summed E-state index contributed by atoms with van der Waals surface area (Å²) in [5.41, 5.74) is 1.75. The molecular weight excluding hydrogens is 573 g/mol. The standard InChI is InChI=1S/C25H24BrCl2N3O3S/c26-20-6-10-24(11-7-20)35(33,34)31(17-19-4-8-21(27)9-5-19)18-25(32)30-14-12-29(13-15-30)23-3-1-2-22(28)16-23/h1-11,16H,12-15,17-18H2. The Morgan fingerprint density at radius 1 is 0.886 bits per heavy atom. The van der Waals surface area contributed by atoms with Gasteiger partial charge in [0, 0.05) is 52.9 Å². The third-order valence-electron chi connectivity index (χ3n) is 5.84. The van der Waals surface area contributed by atoms with Crippen LogP contribution in [0.15, 0.2) is 82.2 Å². The number of amides is 1. The second-order valence-corrected chi connectivity index (χ2v) is 11.9. The van der Waals surface area contributed by atoms with Crippen molar-refractivity contribution < 1.29 is 13.2 Å². The predicted octanol–water partition coefficient (Wildman–Crippen LogP) is 5.30. The van der Waals surface area contributed by atoms with Crippen LogP contribution in [0.5, 0.6) is 0 Å². The molecule has 1 fully saturated rings. The van der Waals surface area contributed by atoms with Crippen LogP contribution in [0.3, 0.4) is 0 Å². The lowest BCUT2D eigenvalue weighted by molar-refractivity contribution is -0.131. The molecule has 0 saturated carbocycles. The van der Waals surface area contributed by atoms with Crippen molar-refractivity contribution in [3.63, 3.8) is 0 Å². The summed E-state index contributed by atoms with van der Waals surface area (Å²) in [7, 11) is -3.91. The van der Waals surface area contributed by atoms with E-state index >= 15 is 0 Å². The van der Waals surface area contributed by atoms with E-state index in [2.05, 4.69) is 20.8 Å². The third-order valence-corrected chi connectivity index (χ3v) is 8.66. The first kappa shape index (κ1) is 26.0. The molecule has 1 saturated heterocycles. The molecule has 6 nitrogen and oxygen atoms in total. The van der Waals surface area contributed by atoms with Gasteiger partial charge in [-0.3, -0.25) is 4.79 Å². The van der Waals surface area contributed by atoms with Crippen molar-refractivity contribution in [1.29, 1.82) is 0 Å². The zero-order valence-electron chi connectivity index (χ0n) is 18.8. The SMILES string of the molecule is O=C(CN(Cc1ccc(Cl)cc1)S(=O)(=O)c1ccc(Br)cc1)N1CCN(c2cccc(Cl)c2)CC1. The number of rotatable bonds is 7. The molecule has 0 aliphatic carbocycles. The molecule has 3 aromatic carbocycles. The number of sulfonamides is 1. The first-order chi connectivity index (χ1) is 16.7. The number of hydrogen-bond acceptors (Lipinski definition) is 4. The summed E-state index contributed by atoms with van der Waals surface area (Å²) in [5.74, 6) is -0.231. The minimum atomic E-state index is -3.91. The molecule has 0 bridgehead atoms. The topological polar surface area (TPSA) is 60.9 Å². The van der Waals surface area contributed by atoms with Gasteiger partial charge in [0.05, 0.1) is 11.4 Å². The molecule has 1 aliphatic heterocycles. The van der Waals surface area contributed by atoms with E-state index in [0.717, 1.165) is 15.7 Å². The Labute approximate surface area is 224 Å². The van der Waals surface area contributed by atoms with E-state index in [0.29, 0.717) is 36.2 Å². The second kappa shape index (κ2) is 11.3. The normalized spacial score (nSPS) is 14.4. The quantitative estimate of drug-likeness (QED) is 0.372. The Morgan fingerprint density at radius 3 is 2.17 bits per heavy atom. The highest BCUT2D eigenvalue weighted by Crippen LogP contribution is 2.23. The molecule has 35 heavy (non-hydrogen) atoms. The highest BCUT2D eigenvalue weighted by Gasteiger charge is 2.30. The second-order valence-electron chi connectivity index (χ2n) is 8.20. The zero-order valence-corrected chi connectivity index (χ0v) is 22.7. The summed E-state index contributed by atoms with van der Waals surface area (Å²) < 4.78 is 29.0. The van der Waals surface area contributed by atoms with E-state index in [9.17, 15) is 13.2 Å². The van der Waals surface area contributed by atoms with Crippen LogP contribution >= 0.6 is 39.1 Å². The highest BCUT2D eigenvalue weighted by atomic mass is 79.9. The van der Waals surface area contributed by atoms with Crippen molar-refractivity contribution in [3.8, 4) is 0 Å². The van der Waals surface area contributed by atoms with Gasteiger partial charge in [0.15, 0.2) is 0 Å². The smallest absolute Gasteiger partial charge is 0.243 e. The Kier molecular flexibility index (Phi) is 8.39. The van der Waals surface area contributed by atoms with E-state index < -0.39 is 10.0 Å². The lowest BCUT2D eigenvalue weighted by Crippen LogP contribution is -2.51. The van der Waals surface area contributed by atoms with Crippen LogP contribution in [-0.2, 0) is 21.4 Å². The minimum Gasteiger partial charge on any atom is -0.368 e. The van der Waals surface area contributed by atoms with Crippen molar-refractivity contribution in [3.05, 3.63) is 92.9 Å². The highest BCUT2D eigenvalue weighted by molar-refractivity contribution is 9.10. The summed E-state index contributed by atoms with van der Waals surface area (Å²) in [4.78, 5) is 17.2. The number of anilines is 1. The van der Waals surface area contributed by atoms with E-state index in [-0.39, 0.29) is 23.9 Å². The van der Waals surface area contributed by atoms with Crippen molar-refractivity contribution in [2.24, 2.45) is 0 Å². The predicted molar refractivity (Wildman–Crippen MR) is 143 cm³/mol. The van der Waals surface area contributed by atoms with Gasteiger partial charge in [-0.1, -0.05) is 57.3 Å². The summed E-state index contributed by atoms with van der Waals surface area (Å²) in [5, 5.41) is 1.22. The first-order valence-electron chi connectivity index (χ1n) is 11.0. The Bertz CT molecular complexity index is 1280. The number of carbonyl (C=O) groups is 1. The number of carbonyl (C=O) groups excluding carboxylic acids is 1. The average Bonchev–Trinajstić information content (AvgIpc) is 2.85. The van der Waals surface area contributed by atoms with Gasteiger partial charge >= 0.3 is 0 Å². The number of benzene rings is 3. The summed E-state index contributed by atoms with van der Waals surface area (Å²) >= 11 is 15.4. The molecule has 184 valence electrons. The van der Waals surface area contributed by atoms with Crippen LogP contribution in [0.2, 0.25) is 10.0 Å². The Morgan fingerprint density at radius 2 is 1.54 bits per heavy atom. The fourth-order valence-corrected chi connectivity index (χ4v) is 5.87. The van der Waals surface area contributed by atoms with Crippen molar-refractivity contribution >= 4 is 60.7 Å². The average molecular weight is 597 g/mol. The fraction of sp³-hybridized carbons (Fsp3) is 0.240. The molecule has 10 heteroatoms. The van der Waals surface area contributed by atoms with Gasteiger partial charge in [0.2, 0.25) is 15.9 Å². The molecule has 1 aliphatic rings. The summed E-state index contributed by atoms with van der Waals surface area (Å²) in [6.07, 6.45) is 0. The Hall–Kier alpha value is -2.10. The van der Waals surface area contributed by atoms with E-state index in [1.54, 1.807) is 41.3 Å². The fourth-order valence-electron chi connectivity index (χ4n) is 3.91. The van der Waals surface area contributed by atoms with Crippen molar-refractivity contribution in [2.75, 3.05) is 37.6 Å². The van der Waals surface area contributed by atoms with Crippen LogP contribution in [-0.4, -0.2) is 56.3 Å². The molecular formula is C25H24BrCl2N3O3S. The van der Waals surface area contributed by atoms with Crippen LogP contribution in [0, 0.1) is 0 Å². The molecule has 1 heterocycles. The van der Waals surface area contributed by atoms with Crippen LogP contribution < -0.4 is 4.90 Å². The van der Waals surface area contributed by atoms with Gasteiger partial charge in [-0.2, -0.15) is 4.31 Å². The molecule has 3 aromatic rings. The Balaban J connectivity index is 1.50. The van der Waals surface area contributed by atoms with Crippen molar-refractivity contribution in [2.45, 2.75) is 11.4 Å². The maximum atomic E-state index is 13.5. The van der Waals surface area contributed by atoms with Gasteiger partial charge in [-0.15, -0.1) is 0 Å². The molecule has 4 rings (SSSR count). The molecule has 0 atom stereocenters. The van der Waals surface area contributed by atoms with E-state index in [1.807, 2.05) is 24.3 Å². The molecule has 0 unspecified atom stereocenters. The van der Waals surface area contributed by atoms with E-state index in [1.165, 1.54) is 16.4 Å². The van der Waals surface area contributed by atoms with Gasteiger partial charge in [0.25, 0.3) is 0 Å². The van der Waals surface area contributed by atoms with Crippen LogP contribution in [0.4, 0.5) is 5.69 Å². The van der Waals surface area contributed by atoms with E-state index in [4.69, 9.17) is 23.2 Å². The van der Waals surface area contributed by atoms with Crippen LogP contribution in [0.25, 0.3) is 0 Å². The number of piperazine rings is 1. The summed E-state index contributed by atoms with van der Waals surface area (Å²) in [6, 6.07) is 21.0. The molecule has 0 aromatic heterocycles. The maximum Gasteiger partial charge on any atom is 0.243 e. The van der Waals surface area contributed by atoms with Gasteiger partial charge < -0.3 is 9.80 Å². The van der Waals surface area contributed by atoms with Crippen molar-refractivity contribution in [1.82, 2.24) is 9.21 Å². The monoisotopic (exact) mass is 595 g/mol. The summed E-state index contributed by atoms with van der Waals surface area (Å²) in [6.45, 7) is 2.09. The zero-order chi connectivity index (χ0) is 25.0. The maximum absolute atomic E-state index is 13.5. The minimum absolute atomic E-state index is 0.0593. The molecule has 0 radical (unpaired) electrons. The number of hydrogen-bond donors (Lipinski definition) is 0. The lowest BCUT2D eigenvalue weighted by Gasteiger charge is -2.37.